The Morgan fingerprint density at radius 1 is 1.24 bits per heavy atom. The van der Waals surface area contributed by atoms with Crippen LogP contribution in [0.15, 0.2) is 40.3 Å². The van der Waals surface area contributed by atoms with Crippen LogP contribution in [-0.4, -0.2) is 59.3 Å². The Kier molecular flexibility index (Phi) is 4.33. The van der Waals surface area contributed by atoms with E-state index in [-0.39, 0.29) is 17.3 Å². The predicted molar refractivity (Wildman–Crippen MR) is 91.6 cm³/mol. The van der Waals surface area contributed by atoms with Crippen LogP contribution in [0.4, 0.5) is 0 Å². The summed E-state index contributed by atoms with van der Waals surface area (Å²) in [6.45, 7) is 2.03. The number of thioether (sulfide) groups is 1. The van der Waals surface area contributed by atoms with Gasteiger partial charge in [-0.1, -0.05) is 42.1 Å². The average molecular weight is 385 g/mol. The Morgan fingerprint density at radius 3 is 2.68 bits per heavy atom. The molecule has 0 aromatic heterocycles. The van der Waals surface area contributed by atoms with Crippen molar-refractivity contribution in [2.24, 2.45) is 0 Å². The van der Waals surface area contributed by atoms with Gasteiger partial charge in [0.15, 0.2) is 4.24 Å². The Bertz CT molecular complexity index is 796. The van der Waals surface area contributed by atoms with E-state index in [2.05, 4.69) is 0 Å². The molecule has 4 rings (SSSR count). The molecule has 0 spiro atoms. The SMILES string of the molecule is CC1OC2OC3=C(SC2C(O)C1O)S(=O)(=O)N(Cc1ccccc1)C3. The summed E-state index contributed by atoms with van der Waals surface area (Å²) in [4.78, 5) is 0. The van der Waals surface area contributed by atoms with Crippen LogP contribution in [0.5, 0.6) is 0 Å². The van der Waals surface area contributed by atoms with E-state index in [4.69, 9.17) is 9.47 Å². The molecule has 0 bridgehead atoms. The van der Waals surface area contributed by atoms with Crippen molar-refractivity contribution in [3.8, 4) is 0 Å². The molecule has 3 heterocycles. The molecule has 1 saturated heterocycles. The Hall–Kier alpha value is -1.10. The molecule has 1 aromatic rings. The van der Waals surface area contributed by atoms with Gasteiger partial charge in [0.1, 0.15) is 23.2 Å². The van der Waals surface area contributed by atoms with E-state index in [0.29, 0.717) is 5.76 Å². The van der Waals surface area contributed by atoms with Gasteiger partial charge in [-0.05, 0) is 12.5 Å². The van der Waals surface area contributed by atoms with Crippen molar-refractivity contribution in [2.45, 2.75) is 43.3 Å². The third-order valence-electron chi connectivity index (χ3n) is 4.61. The lowest BCUT2D eigenvalue weighted by atomic mass is 10.0. The van der Waals surface area contributed by atoms with Gasteiger partial charge >= 0.3 is 0 Å². The number of hydrogen-bond acceptors (Lipinski definition) is 7. The van der Waals surface area contributed by atoms with Crippen molar-refractivity contribution in [1.29, 1.82) is 0 Å². The van der Waals surface area contributed by atoms with Crippen LogP contribution >= 0.6 is 11.8 Å². The van der Waals surface area contributed by atoms with E-state index in [0.717, 1.165) is 17.3 Å². The monoisotopic (exact) mass is 385 g/mol. The van der Waals surface area contributed by atoms with Crippen LogP contribution < -0.4 is 0 Å². The Morgan fingerprint density at radius 2 is 1.96 bits per heavy atom. The Labute approximate surface area is 150 Å². The number of aliphatic hydroxyl groups excluding tert-OH is 2. The maximum atomic E-state index is 12.8. The van der Waals surface area contributed by atoms with Gasteiger partial charge in [-0.3, -0.25) is 0 Å². The predicted octanol–water partition coefficient (Wildman–Crippen LogP) is 0.600. The van der Waals surface area contributed by atoms with Crippen molar-refractivity contribution in [2.75, 3.05) is 6.54 Å². The van der Waals surface area contributed by atoms with Crippen LogP contribution in [0, 0.1) is 0 Å². The molecule has 3 aliphatic heterocycles. The van der Waals surface area contributed by atoms with Crippen LogP contribution in [0.25, 0.3) is 0 Å². The van der Waals surface area contributed by atoms with E-state index in [9.17, 15) is 18.6 Å². The smallest absolute Gasteiger partial charge is 0.253 e. The number of sulfonamides is 1. The first-order valence-corrected chi connectivity index (χ1v) is 10.3. The first-order valence-electron chi connectivity index (χ1n) is 8.00. The topological polar surface area (TPSA) is 96.3 Å². The highest BCUT2D eigenvalue weighted by molar-refractivity contribution is 8.18. The molecule has 0 saturated carbocycles. The van der Waals surface area contributed by atoms with Gasteiger partial charge in [0, 0.05) is 6.54 Å². The fraction of sp³-hybridized carbons (Fsp3) is 0.500. The summed E-state index contributed by atoms with van der Waals surface area (Å²) < 4.78 is 38.5. The first-order chi connectivity index (χ1) is 11.9. The molecule has 0 radical (unpaired) electrons. The van der Waals surface area contributed by atoms with Crippen molar-refractivity contribution in [1.82, 2.24) is 4.31 Å². The molecule has 5 atom stereocenters. The van der Waals surface area contributed by atoms with Gasteiger partial charge in [-0.2, -0.15) is 4.31 Å². The average Bonchev–Trinajstić information content (AvgIpc) is 2.82. The molecule has 3 aliphatic rings. The third kappa shape index (κ3) is 2.88. The third-order valence-corrected chi connectivity index (χ3v) is 8.38. The largest absolute Gasteiger partial charge is 0.465 e. The second kappa shape index (κ2) is 6.26. The summed E-state index contributed by atoms with van der Waals surface area (Å²) in [5.74, 6) is 0.345. The fourth-order valence-electron chi connectivity index (χ4n) is 3.20. The summed E-state index contributed by atoms with van der Waals surface area (Å²) >= 11 is 1.01. The van der Waals surface area contributed by atoms with E-state index in [1.165, 1.54) is 4.31 Å². The molecule has 0 amide bonds. The first kappa shape index (κ1) is 17.3. The molecule has 0 aliphatic carbocycles. The van der Waals surface area contributed by atoms with Gasteiger partial charge in [-0.25, -0.2) is 8.42 Å². The number of benzene rings is 1. The van der Waals surface area contributed by atoms with E-state index >= 15 is 0 Å². The lowest BCUT2D eigenvalue weighted by Gasteiger charge is -2.42. The number of ether oxygens (including phenoxy) is 2. The zero-order chi connectivity index (χ0) is 17.8. The Balaban J connectivity index is 1.58. The van der Waals surface area contributed by atoms with E-state index in [1.54, 1.807) is 6.92 Å². The number of hydrogen-bond donors (Lipinski definition) is 2. The quantitative estimate of drug-likeness (QED) is 0.770. The van der Waals surface area contributed by atoms with Crippen LogP contribution in [-0.2, 0) is 26.0 Å². The molecule has 1 fully saturated rings. The minimum Gasteiger partial charge on any atom is -0.465 e. The minimum absolute atomic E-state index is 0.106. The summed E-state index contributed by atoms with van der Waals surface area (Å²) in [7, 11) is -3.69. The number of fused-ring (bicyclic) bond motifs is 1. The van der Waals surface area contributed by atoms with Gasteiger partial charge in [0.05, 0.1) is 12.6 Å². The standard InChI is InChI=1S/C16H19NO6S2/c1-9-12(18)13(19)14-15(22-9)23-11-8-17(25(20,21)16(11)24-14)7-10-5-3-2-4-6-10/h2-6,9,12-15,18-19H,7-8H2,1H3. The summed E-state index contributed by atoms with van der Waals surface area (Å²) in [6, 6.07) is 9.33. The highest BCUT2D eigenvalue weighted by Gasteiger charge is 2.52. The second-order valence-electron chi connectivity index (χ2n) is 6.36. The van der Waals surface area contributed by atoms with Crippen LogP contribution in [0.3, 0.4) is 0 Å². The van der Waals surface area contributed by atoms with Gasteiger partial charge < -0.3 is 19.7 Å². The number of rotatable bonds is 2. The maximum absolute atomic E-state index is 12.8. The molecule has 25 heavy (non-hydrogen) atoms. The lowest BCUT2D eigenvalue weighted by Crippen LogP contribution is -2.56. The highest BCUT2D eigenvalue weighted by atomic mass is 32.3. The summed E-state index contributed by atoms with van der Waals surface area (Å²) in [5, 5.41) is 19.6. The fourth-order valence-corrected chi connectivity index (χ4v) is 6.60. The molecule has 5 unspecified atom stereocenters. The zero-order valence-corrected chi connectivity index (χ0v) is 15.1. The molecule has 136 valence electrons. The van der Waals surface area contributed by atoms with E-state index in [1.807, 2.05) is 30.3 Å². The van der Waals surface area contributed by atoms with Crippen molar-refractivity contribution in [3.63, 3.8) is 0 Å². The molecule has 2 N–H and O–H groups in total. The lowest BCUT2D eigenvalue weighted by molar-refractivity contribution is -0.230. The van der Waals surface area contributed by atoms with E-state index < -0.39 is 39.9 Å². The van der Waals surface area contributed by atoms with Crippen LogP contribution in [0.2, 0.25) is 0 Å². The van der Waals surface area contributed by atoms with Crippen molar-refractivity contribution < 1.29 is 28.1 Å². The van der Waals surface area contributed by atoms with Gasteiger partial charge in [0.25, 0.3) is 10.0 Å². The van der Waals surface area contributed by atoms with Crippen molar-refractivity contribution >= 4 is 21.8 Å². The van der Waals surface area contributed by atoms with Crippen molar-refractivity contribution in [3.05, 3.63) is 45.9 Å². The molecule has 7 nitrogen and oxygen atoms in total. The molecular formula is C16H19NO6S2. The molecular weight excluding hydrogens is 366 g/mol. The molecule has 1 aromatic carbocycles. The zero-order valence-electron chi connectivity index (χ0n) is 13.5. The minimum atomic E-state index is -3.69. The molecule has 9 heteroatoms. The number of aliphatic hydroxyl groups is 2. The van der Waals surface area contributed by atoms with Crippen LogP contribution in [0.1, 0.15) is 12.5 Å². The maximum Gasteiger partial charge on any atom is 0.253 e. The van der Waals surface area contributed by atoms with Gasteiger partial charge in [0.2, 0.25) is 6.29 Å². The number of nitrogens with zero attached hydrogens (tertiary/aromatic N) is 1. The summed E-state index contributed by atoms with van der Waals surface area (Å²) in [6.07, 6.45) is -3.56. The van der Waals surface area contributed by atoms with Gasteiger partial charge in [-0.15, -0.1) is 0 Å². The highest BCUT2D eigenvalue weighted by Crippen LogP contribution is 2.47. The second-order valence-corrected chi connectivity index (χ2v) is 9.68. The normalized spacial score (nSPS) is 37.3. The summed E-state index contributed by atoms with van der Waals surface area (Å²) in [5.41, 5.74) is 0.883.